The van der Waals surface area contributed by atoms with Gasteiger partial charge in [0.15, 0.2) is 0 Å². The van der Waals surface area contributed by atoms with Crippen molar-refractivity contribution in [2.24, 2.45) is 0 Å². The van der Waals surface area contributed by atoms with E-state index in [0.717, 1.165) is 24.0 Å². The van der Waals surface area contributed by atoms with Gasteiger partial charge in [0.2, 0.25) is 5.91 Å². The Kier molecular flexibility index (Phi) is 5.12. The Morgan fingerprint density at radius 1 is 1.08 bits per heavy atom. The number of hydrogen-bond acceptors (Lipinski definition) is 2. The standard InChI is InChI=1S/C20H20FNO3/c21-17-3-1-2-14(12-17)10-11-22(18-8-9-18)19(23)13-15-4-6-16(7-5-15)20(24)25/h1-7,12,18H,8-11,13H2,(H,24,25). The summed E-state index contributed by atoms with van der Waals surface area (Å²) in [5, 5.41) is 8.92. The largest absolute Gasteiger partial charge is 0.478 e. The molecule has 0 spiro atoms. The molecule has 5 heteroatoms. The number of carbonyl (C=O) groups excluding carboxylic acids is 1. The van der Waals surface area contributed by atoms with Gasteiger partial charge in [0.25, 0.3) is 0 Å². The van der Waals surface area contributed by atoms with Crippen LogP contribution in [0.15, 0.2) is 48.5 Å². The van der Waals surface area contributed by atoms with Crippen LogP contribution in [0.1, 0.15) is 34.3 Å². The maximum absolute atomic E-state index is 13.3. The highest BCUT2D eigenvalue weighted by molar-refractivity contribution is 5.87. The third kappa shape index (κ3) is 4.66. The van der Waals surface area contributed by atoms with Crippen LogP contribution in [0, 0.1) is 5.82 Å². The number of aromatic carboxylic acids is 1. The average molecular weight is 341 g/mol. The Balaban J connectivity index is 1.62. The fraction of sp³-hybridized carbons (Fsp3) is 0.300. The first-order valence-corrected chi connectivity index (χ1v) is 8.39. The highest BCUT2D eigenvalue weighted by atomic mass is 19.1. The lowest BCUT2D eigenvalue weighted by molar-refractivity contribution is -0.131. The molecule has 0 aromatic heterocycles. The normalized spacial score (nSPS) is 13.5. The molecule has 0 aliphatic heterocycles. The second kappa shape index (κ2) is 7.47. The zero-order valence-corrected chi connectivity index (χ0v) is 13.8. The van der Waals surface area contributed by atoms with Gasteiger partial charge in [-0.2, -0.15) is 0 Å². The van der Waals surface area contributed by atoms with Gasteiger partial charge in [-0.25, -0.2) is 9.18 Å². The number of benzene rings is 2. The molecular formula is C20H20FNO3. The fourth-order valence-corrected chi connectivity index (χ4v) is 2.88. The molecule has 1 aliphatic rings. The summed E-state index contributed by atoms with van der Waals surface area (Å²) in [5.41, 5.74) is 1.89. The van der Waals surface area contributed by atoms with Crippen LogP contribution in [-0.4, -0.2) is 34.5 Å². The zero-order valence-electron chi connectivity index (χ0n) is 13.8. The van der Waals surface area contributed by atoms with Gasteiger partial charge < -0.3 is 10.0 Å². The summed E-state index contributed by atoms with van der Waals surface area (Å²) in [6.07, 6.45) is 2.89. The molecule has 3 rings (SSSR count). The molecule has 2 aromatic carbocycles. The van der Waals surface area contributed by atoms with Crippen LogP contribution in [0.4, 0.5) is 4.39 Å². The molecule has 130 valence electrons. The Morgan fingerprint density at radius 3 is 2.40 bits per heavy atom. The van der Waals surface area contributed by atoms with E-state index < -0.39 is 5.97 Å². The summed E-state index contributed by atoms with van der Waals surface area (Å²) in [5.74, 6) is -1.21. The topological polar surface area (TPSA) is 57.6 Å². The Bertz CT molecular complexity index is 769. The summed E-state index contributed by atoms with van der Waals surface area (Å²) in [6.45, 7) is 0.570. The summed E-state index contributed by atoms with van der Waals surface area (Å²) in [6, 6.07) is 13.1. The van der Waals surface area contributed by atoms with E-state index >= 15 is 0 Å². The number of rotatable bonds is 7. The monoisotopic (exact) mass is 341 g/mol. The number of carboxylic acid groups (broad SMARTS) is 1. The van der Waals surface area contributed by atoms with Crippen molar-refractivity contribution in [3.05, 3.63) is 71.0 Å². The van der Waals surface area contributed by atoms with Gasteiger partial charge in [0.1, 0.15) is 5.82 Å². The lowest BCUT2D eigenvalue weighted by Crippen LogP contribution is -2.36. The molecule has 1 N–H and O–H groups in total. The molecule has 4 nitrogen and oxygen atoms in total. The number of amides is 1. The Morgan fingerprint density at radius 2 is 1.80 bits per heavy atom. The van der Waals surface area contributed by atoms with Crippen LogP contribution >= 0.6 is 0 Å². The predicted molar refractivity (Wildman–Crippen MR) is 91.9 cm³/mol. The second-order valence-electron chi connectivity index (χ2n) is 6.38. The second-order valence-corrected chi connectivity index (χ2v) is 6.38. The van der Waals surface area contributed by atoms with Gasteiger partial charge in [0.05, 0.1) is 12.0 Å². The van der Waals surface area contributed by atoms with Gasteiger partial charge in [-0.1, -0.05) is 24.3 Å². The van der Waals surface area contributed by atoms with Crippen LogP contribution in [0.2, 0.25) is 0 Å². The van der Waals surface area contributed by atoms with Gasteiger partial charge in [-0.15, -0.1) is 0 Å². The third-order valence-electron chi connectivity index (χ3n) is 4.39. The summed E-state index contributed by atoms with van der Waals surface area (Å²) < 4.78 is 13.3. The molecule has 25 heavy (non-hydrogen) atoms. The van der Waals surface area contributed by atoms with E-state index in [1.54, 1.807) is 18.2 Å². The van der Waals surface area contributed by atoms with Crippen LogP contribution in [0.3, 0.4) is 0 Å². The smallest absolute Gasteiger partial charge is 0.335 e. The van der Waals surface area contributed by atoms with E-state index in [2.05, 4.69) is 0 Å². The first-order chi connectivity index (χ1) is 12.0. The molecule has 2 aromatic rings. The molecule has 1 fully saturated rings. The molecular weight excluding hydrogens is 321 g/mol. The number of carboxylic acids is 1. The molecule has 0 heterocycles. The SMILES string of the molecule is O=C(O)c1ccc(CC(=O)N(CCc2cccc(F)c2)C2CC2)cc1. The van der Waals surface area contributed by atoms with E-state index in [4.69, 9.17) is 5.11 Å². The molecule has 1 amide bonds. The number of nitrogens with zero attached hydrogens (tertiary/aromatic N) is 1. The first kappa shape index (κ1) is 17.1. The van der Waals surface area contributed by atoms with Crippen molar-refractivity contribution in [1.82, 2.24) is 4.90 Å². The maximum atomic E-state index is 13.3. The number of halogens is 1. The maximum Gasteiger partial charge on any atom is 0.335 e. The lowest BCUT2D eigenvalue weighted by Gasteiger charge is -2.22. The van der Waals surface area contributed by atoms with E-state index in [-0.39, 0.29) is 29.8 Å². The molecule has 1 aliphatic carbocycles. The van der Waals surface area contributed by atoms with Crippen molar-refractivity contribution in [3.8, 4) is 0 Å². The van der Waals surface area contributed by atoms with Gasteiger partial charge in [-0.05, 0) is 54.7 Å². The highest BCUT2D eigenvalue weighted by Gasteiger charge is 2.32. The van der Waals surface area contributed by atoms with Crippen molar-refractivity contribution in [3.63, 3.8) is 0 Å². The van der Waals surface area contributed by atoms with E-state index in [1.807, 2.05) is 11.0 Å². The summed E-state index contributed by atoms with van der Waals surface area (Å²) in [7, 11) is 0. The molecule has 0 atom stereocenters. The quantitative estimate of drug-likeness (QED) is 0.841. The van der Waals surface area contributed by atoms with E-state index in [9.17, 15) is 14.0 Å². The van der Waals surface area contributed by atoms with E-state index in [0.29, 0.717) is 13.0 Å². The number of hydrogen-bond donors (Lipinski definition) is 1. The minimum atomic E-state index is -0.979. The third-order valence-corrected chi connectivity index (χ3v) is 4.39. The van der Waals surface area contributed by atoms with Crippen LogP contribution in [0.5, 0.6) is 0 Å². The lowest BCUT2D eigenvalue weighted by atomic mass is 10.1. The van der Waals surface area contributed by atoms with Gasteiger partial charge in [-0.3, -0.25) is 4.79 Å². The molecule has 0 radical (unpaired) electrons. The molecule has 0 saturated heterocycles. The fourth-order valence-electron chi connectivity index (χ4n) is 2.88. The molecule has 1 saturated carbocycles. The van der Waals surface area contributed by atoms with Gasteiger partial charge in [0, 0.05) is 12.6 Å². The summed E-state index contributed by atoms with van der Waals surface area (Å²) in [4.78, 5) is 25.4. The summed E-state index contributed by atoms with van der Waals surface area (Å²) >= 11 is 0. The van der Waals surface area contributed by atoms with Crippen LogP contribution in [-0.2, 0) is 17.6 Å². The Labute approximate surface area is 145 Å². The van der Waals surface area contributed by atoms with E-state index in [1.165, 1.54) is 24.3 Å². The minimum absolute atomic E-state index is 0.0296. The van der Waals surface area contributed by atoms with Crippen LogP contribution < -0.4 is 0 Å². The van der Waals surface area contributed by atoms with Crippen LogP contribution in [0.25, 0.3) is 0 Å². The van der Waals surface area contributed by atoms with Gasteiger partial charge >= 0.3 is 5.97 Å². The molecule has 0 unspecified atom stereocenters. The van der Waals surface area contributed by atoms with Crippen molar-refractivity contribution in [2.75, 3.05) is 6.54 Å². The Hall–Kier alpha value is -2.69. The first-order valence-electron chi connectivity index (χ1n) is 8.39. The van der Waals surface area contributed by atoms with Crippen molar-refractivity contribution >= 4 is 11.9 Å². The van der Waals surface area contributed by atoms with Crippen molar-refractivity contribution in [2.45, 2.75) is 31.7 Å². The highest BCUT2D eigenvalue weighted by Crippen LogP contribution is 2.27. The van der Waals surface area contributed by atoms with Crippen molar-refractivity contribution in [1.29, 1.82) is 0 Å². The minimum Gasteiger partial charge on any atom is -0.478 e. The zero-order chi connectivity index (χ0) is 17.8. The molecule has 0 bridgehead atoms. The average Bonchev–Trinajstić information content (AvgIpc) is 3.40. The number of carbonyl (C=O) groups is 2. The predicted octanol–water partition coefficient (Wildman–Crippen LogP) is 3.30. The van der Waals surface area contributed by atoms with Crippen molar-refractivity contribution < 1.29 is 19.1 Å².